The van der Waals surface area contributed by atoms with E-state index < -0.39 is 17.7 Å². The summed E-state index contributed by atoms with van der Waals surface area (Å²) >= 11 is 0. The zero-order chi connectivity index (χ0) is 22.1. The van der Waals surface area contributed by atoms with Gasteiger partial charge >= 0.3 is 12.1 Å². The van der Waals surface area contributed by atoms with Gasteiger partial charge in [0.25, 0.3) is 5.56 Å². The molecule has 0 spiro atoms. The SMILES string of the molecule is Cc1[nH]c(=O)c(C#N)cc1-c1ccc(OCCCC(=O)OC(=O)OCC(C)C)cc1. The molecule has 8 heteroatoms. The maximum atomic E-state index is 11.7. The van der Waals surface area contributed by atoms with E-state index in [-0.39, 0.29) is 31.1 Å². The number of aryl methyl sites for hydroxylation is 1. The average Bonchev–Trinajstić information content (AvgIpc) is 2.70. The lowest BCUT2D eigenvalue weighted by molar-refractivity contribution is -0.140. The van der Waals surface area contributed by atoms with E-state index in [1.54, 1.807) is 25.1 Å². The quantitative estimate of drug-likeness (QED) is 0.399. The summed E-state index contributed by atoms with van der Waals surface area (Å²) in [5.74, 6) is 0.101. The lowest BCUT2D eigenvalue weighted by atomic mass is 10.0. The van der Waals surface area contributed by atoms with Gasteiger partial charge in [0.1, 0.15) is 17.4 Å². The molecule has 30 heavy (non-hydrogen) atoms. The highest BCUT2D eigenvalue weighted by Crippen LogP contribution is 2.24. The maximum absolute atomic E-state index is 11.7. The van der Waals surface area contributed by atoms with Crippen LogP contribution in [0.4, 0.5) is 4.79 Å². The topological polar surface area (TPSA) is 118 Å². The molecule has 158 valence electrons. The second kappa shape index (κ2) is 10.8. The van der Waals surface area contributed by atoms with E-state index in [1.807, 2.05) is 32.0 Å². The molecule has 0 unspecified atom stereocenters. The van der Waals surface area contributed by atoms with Crippen LogP contribution in [0.15, 0.2) is 35.1 Å². The first kappa shape index (κ1) is 22.7. The molecular formula is C22H24N2O6. The molecule has 0 saturated heterocycles. The summed E-state index contributed by atoms with van der Waals surface area (Å²) in [6.07, 6.45) is -0.576. The Morgan fingerprint density at radius 2 is 1.90 bits per heavy atom. The molecule has 2 rings (SSSR count). The number of nitrogens with one attached hydrogen (secondary N) is 1. The molecule has 0 radical (unpaired) electrons. The van der Waals surface area contributed by atoms with Gasteiger partial charge in [0, 0.05) is 17.7 Å². The van der Waals surface area contributed by atoms with Crippen LogP contribution in [0, 0.1) is 24.2 Å². The highest BCUT2D eigenvalue weighted by Gasteiger charge is 2.12. The van der Waals surface area contributed by atoms with Gasteiger partial charge in [0.15, 0.2) is 0 Å². The molecule has 1 heterocycles. The Morgan fingerprint density at radius 3 is 2.53 bits per heavy atom. The molecule has 0 bridgehead atoms. The van der Waals surface area contributed by atoms with E-state index in [4.69, 9.17) is 14.7 Å². The minimum atomic E-state index is -0.984. The van der Waals surface area contributed by atoms with Crippen LogP contribution in [-0.2, 0) is 14.3 Å². The number of hydrogen-bond acceptors (Lipinski definition) is 7. The van der Waals surface area contributed by atoms with Gasteiger partial charge < -0.3 is 19.2 Å². The molecule has 0 aliphatic rings. The van der Waals surface area contributed by atoms with Crippen molar-refractivity contribution >= 4 is 12.1 Å². The van der Waals surface area contributed by atoms with Crippen LogP contribution in [0.2, 0.25) is 0 Å². The van der Waals surface area contributed by atoms with Crippen molar-refractivity contribution in [2.24, 2.45) is 5.92 Å². The summed E-state index contributed by atoms with van der Waals surface area (Å²) in [6, 6.07) is 10.6. The fourth-order valence-corrected chi connectivity index (χ4v) is 2.55. The summed E-state index contributed by atoms with van der Waals surface area (Å²) in [5.41, 5.74) is 1.89. The fraction of sp³-hybridized carbons (Fsp3) is 0.364. The maximum Gasteiger partial charge on any atom is 0.516 e. The molecule has 0 aliphatic heterocycles. The average molecular weight is 412 g/mol. The summed E-state index contributed by atoms with van der Waals surface area (Å²) in [6.45, 7) is 5.99. The largest absolute Gasteiger partial charge is 0.516 e. The lowest BCUT2D eigenvalue weighted by Gasteiger charge is -2.09. The van der Waals surface area contributed by atoms with E-state index in [0.29, 0.717) is 17.9 Å². The molecule has 0 saturated carbocycles. The second-order valence-electron chi connectivity index (χ2n) is 7.07. The van der Waals surface area contributed by atoms with Crippen molar-refractivity contribution < 1.29 is 23.8 Å². The number of aromatic amines is 1. The Bertz CT molecular complexity index is 986. The molecule has 0 fully saturated rings. The molecule has 1 aromatic heterocycles. The highest BCUT2D eigenvalue weighted by atomic mass is 16.7. The standard InChI is InChI=1S/C22H24N2O6/c1-14(2)13-29-22(27)30-20(25)5-4-10-28-18-8-6-16(7-9-18)19-11-17(12-23)21(26)24-15(19)3/h6-9,11,14H,4-5,10,13H2,1-3H3,(H,24,26). The van der Waals surface area contributed by atoms with Crippen molar-refractivity contribution in [3.05, 3.63) is 51.9 Å². The number of ether oxygens (including phenoxy) is 3. The molecule has 1 N–H and O–H groups in total. The number of nitrogens with zero attached hydrogens (tertiary/aromatic N) is 1. The molecule has 1 aromatic carbocycles. The van der Waals surface area contributed by atoms with Crippen LogP contribution in [0.25, 0.3) is 11.1 Å². The van der Waals surface area contributed by atoms with Crippen molar-refractivity contribution in [1.82, 2.24) is 4.98 Å². The number of H-pyrrole nitrogens is 1. The number of benzene rings is 1. The Kier molecular flexibility index (Phi) is 8.18. The first-order valence-corrected chi connectivity index (χ1v) is 9.55. The van der Waals surface area contributed by atoms with Crippen LogP contribution in [0.3, 0.4) is 0 Å². The van der Waals surface area contributed by atoms with Crippen molar-refractivity contribution in [2.45, 2.75) is 33.6 Å². The predicted octanol–water partition coefficient (Wildman–Crippen LogP) is 3.72. The predicted molar refractivity (Wildman–Crippen MR) is 109 cm³/mol. The van der Waals surface area contributed by atoms with E-state index in [1.165, 1.54) is 0 Å². The van der Waals surface area contributed by atoms with E-state index in [2.05, 4.69) is 9.72 Å². The lowest BCUT2D eigenvalue weighted by Crippen LogP contribution is -2.16. The molecule has 2 aromatic rings. The zero-order valence-electron chi connectivity index (χ0n) is 17.2. The van der Waals surface area contributed by atoms with Gasteiger partial charge in [-0.2, -0.15) is 5.26 Å². The summed E-state index contributed by atoms with van der Waals surface area (Å²) in [5, 5.41) is 9.03. The highest BCUT2D eigenvalue weighted by molar-refractivity contribution is 5.81. The van der Waals surface area contributed by atoms with Crippen molar-refractivity contribution in [2.75, 3.05) is 13.2 Å². The Labute approximate surface area is 174 Å². The minimum Gasteiger partial charge on any atom is -0.494 e. The number of hydrogen-bond donors (Lipinski definition) is 1. The van der Waals surface area contributed by atoms with Gasteiger partial charge in [-0.1, -0.05) is 26.0 Å². The van der Waals surface area contributed by atoms with Gasteiger partial charge in [0.2, 0.25) is 0 Å². The Balaban J connectivity index is 1.82. The summed E-state index contributed by atoms with van der Waals surface area (Å²) < 4.78 is 14.9. The van der Waals surface area contributed by atoms with Crippen LogP contribution >= 0.6 is 0 Å². The third-order valence-electron chi connectivity index (χ3n) is 4.05. The van der Waals surface area contributed by atoms with Crippen LogP contribution in [0.5, 0.6) is 5.75 Å². The number of nitriles is 1. The molecule has 8 nitrogen and oxygen atoms in total. The number of carbonyl (C=O) groups is 2. The smallest absolute Gasteiger partial charge is 0.494 e. The van der Waals surface area contributed by atoms with Crippen molar-refractivity contribution in [1.29, 1.82) is 5.26 Å². The molecule has 0 aliphatic carbocycles. The first-order valence-electron chi connectivity index (χ1n) is 9.55. The zero-order valence-corrected chi connectivity index (χ0v) is 17.2. The summed E-state index contributed by atoms with van der Waals surface area (Å²) in [7, 11) is 0. The van der Waals surface area contributed by atoms with Crippen LogP contribution in [-0.4, -0.2) is 30.3 Å². The number of aromatic nitrogens is 1. The van der Waals surface area contributed by atoms with Gasteiger partial charge in [-0.15, -0.1) is 0 Å². The molecule has 0 amide bonds. The third kappa shape index (κ3) is 6.78. The first-order chi connectivity index (χ1) is 14.3. The Hall–Kier alpha value is -3.60. The van der Waals surface area contributed by atoms with Gasteiger partial charge in [0.05, 0.1) is 13.2 Å². The number of pyridine rings is 1. The minimum absolute atomic E-state index is 0.0301. The van der Waals surface area contributed by atoms with Gasteiger partial charge in [-0.05, 0) is 43.0 Å². The van der Waals surface area contributed by atoms with Gasteiger partial charge in [-0.25, -0.2) is 4.79 Å². The monoisotopic (exact) mass is 412 g/mol. The normalized spacial score (nSPS) is 10.4. The van der Waals surface area contributed by atoms with E-state index in [0.717, 1.165) is 11.1 Å². The molecule has 0 atom stereocenters. The van der Waals surface area contributed by atoms with E-state index >= 15 is 0 Å². The van der Waals surface area contributed by atoms with Crippen LogP contribution < -0.4 is 10.3 Å². The number of carbonyl (C=O) groups excluding carboxylic acids is 2. The Morgan fingerprint density at radius 1 is 1.20 bits per heavy atom. The fourth-order valence-electron chi connectivity index (χ4n) is 2.55. The number of esters is 1. The van der Waals surface area contributed by atoms with Gasteiger partial charge in [-0.3, -0.25) is 9.59 Å². The van der Waals surface area contributed by atoms with Crippen LogP contribution in [0.1, 0.15) is 37.9 Å². The second-order valence-corrected chi connectivity index (χ2v) is 7.07. The van der Waals surface area contributed by atoms with Crippen molar-refractivity contribution in [3.63, 3.8) is 0 Å². The summed E-state index contributed by atoms with van der Waals surface area (Å²) in [4.78, 5) is 37.2. The number of rotatable bonds is 8. The molecular weight excluding hydrogens is 388 g/mol. The van der Waals surface area contributed by atoms with Crippen molar-refractivity contribution in [3.8, 4) is 22.9 Å². The third-order valence-corrected chi connectivity index (χ3v) is 4.05. The van der Waals surface area contributed by atoms with E-state index in [9.17, 15) is 14.4 Å².